The minimum Gasteiger partial charge on any atom is -0.382 e. The first-order valence-electron chi connectivity index (χ1n) is 16.7. The van der Waals surface area contributed by atoms with Gasteiger partial charge in [-0.3, -0.25) is 23.9 Å². The summed E-state index contributed by atoms with van der Waals surface area (Å²) >= 11 is 0. The number of benzene rings is 2. The Morgan fingerprint density at radius 1 is 0.920 bits per heavy atom. The Morgan fingerprint density at radius 3 is 2.26 bits per heavy atom. The van der Waals surface area contributed by atoms with Crippen LogP contribution in [-0.4, -0.2) is 54.0 Å². The van der Waals surface area contributed by atoms with Gasteiger partial charge in [-0.25, -0.2) is 9.50 Å². The first kappa shape index (κ1) is 32.4. The van der Waals surface area contributed by atoms with Crippen LogP contribution in [0.3, 0.4) is 0 Å². The quantitative estimate of drug-likeness (QED) is 0.224. The highest BCUT2D eigenvalue weighted by molar-refractivity contribution is 6.02. The number of carbonyl (C=O) groups is 2. The third-order valence-corrected chi connectivity index (χ3v) is 9.63. The summed E-state index contributed by atoms with van der Waals surface area (Å²) in [7, 11) is 0. The van der Waals surface area contributed by atoms with Crippen molar-refractivity contribution in [2.24, 2.45) is 11.7 Å². The van der Waals surface area contributed by atoms with Gasteiger partial charge < -0.3 is 16.4 Å². The third-order valence-electron chi connectivity index (χ3n) is 9.63. The molecule has 0 aliphatic carbocycles. The number of nitrogens with zero attached hydrogens (tertiary/aromatic N) is 6. The van der Waals surface area contributed by atoms with Crippen molar-refractivity contribution in [3.63, 3.8) is 0 Å². The Kier molecular flexibility index (Phi) is 8.48. The minimum atomic E-state index is -0.811. The number of likely N-dealkylation sites (tertiary alicyclic amines) is 1. The van der Waals surface area contributed by atoms with Crippen molar-refractivity contribution in [2.45, 2.75) is 39.5 Å². The average molecular weight is 667 g/mol. The summed E-state index contributed by atoms with van der Waals surface area (Å²) in [6.07, 6.45) is 6.46. The van der Waals surface area contributed by atoms with Crippen LogP contribution < -0.4 is 17.0 Å². The molecule has 252 valence electrons. The molecule has 5 heterocycles. The molecule has 0 spiro atoms. The Morgan fingerprint density at radius 2 is 1.62 bits per heavy atom. The summed E-state index contributed by atoms with van der Waals surface area (Å²) in [6.45, 7) is 7.12. The third kappa shape index (κ3) is 5.60. The van der Waals surface area contributed by atoms with E-state index in [2.05, 4.69) is 21.1 Å². The van der Waals surface area contributed by atoms with E-state index in [1.807, 2.05) is 96.9 Å². The number of amides is 2. The van der Waals surface area contributed by atoms with Crippen molar-refractivity contribution in [1.82, 2.24) is 29.0 Å². The number of carbonyl (C=O) groups excluding carboxylic acids is 2. The Balaban J connectivity index is 1.34. The maximum atomic E-state index is 14.3. The summed E-state index contributed by atoms with van der Waals surface area (Å²) < 4.78 is 3.40. The van der Waals surface area contributed by atoms with Crippen LogP contribution in [0.5, 0.6) is 0 Å². The van der Waals surface area contributed by atoms with Crippen LogP contribution in [0.15, 0.2) is 96.3 Å². The van der Waals surface area contributed by atoms with Gasteiger partial charge in [0.15, 0.2) is 5.82 Å². The van der Waals surface area contributed by atoms with E-state index in [0.717, 1.165) is 35.2 Å². The topological polar surface area (TPSA) is 154 Å². The normalized spacial score (nSPS) is 13.6. The molecule has 0 radical (unpaired) electrons. The number of aromatic nitrogens is 5. The number of rotatable bonds is 7. The van der Waals surface area contributed by atoms with Crippen LogP contribution in [0.1, 0.15) is 54.2 Å². The molecule has 11 heteroatoms. The number of primary amides is 1. The number of nitrogen functional groups attached to an aromatic ring is 1. The lowest BCUT2D eigenvalue weighted by atomic mass is 9.90. The van der Waals surface area contributed by atoms with Gasteiger partial charge in [0.05, 0.1) is 5.69 Å². The van der Waals surface area contributed by atoms with E-state index < -0.39 is 11.5 Å². The maximum Gasteiger partial charge on any atom is 0.269 e. The predicted octanol–water partition coefficient (Wildman–Crippen LogP) is 5.63. The molecular weight excluding hydrogens is 628 g/mol. The number of nitrogens with two attached hydrogens (primary N) is 2. The zero-order chi connectivity index (χ0) is 35.1. The molecule has 4 aromatic heterocycles. The van der Waals surface area contributed by atoms with Crippen LogP contribution in [0.2, 0.25) is 0 Å². The van der Waals surface area contributed by atoms with Crippen LogP contribution in [0, 0.1) is 12.8 Å². The molecule has 2 aromatic carbocycles. The van der Waals surface area contributed by atoms with E-state index in [0.29, 0.717) is 52.5 Å². The van der Waals surface area contributed by atoms with Crippen molar-refractivity contribution in [2.75, 3.05) is 18.8 Å². The fourth-order valence-electron chi connectivity index (χ4n) is 7.24. The van der Waals surface area contributed by atoms with E-state index in [-0.39, 0.29) is 23.3 Å². The number of hydrogen-bond donors (Lipinski definition) is 2. The molecule has 1 saturated heterocycles. The van der Waals surface area contributed by atoms with Gasteiger partial charge >= 0.3 is 0 Å². The van der Waals surface area contributed by atoms with Crippen LogP contribution in [0.4, 0.5) is 5.82 Å². The molecule has 0 saturated carbocycles. The van der Waals surface area contributed by atoms with Gasteiger partial charge in [-0.15, -0.1) is 0 Å². The second-order valence-electron chi connectivity index (χ2n) is 13.0. The second-order valence-corrected chi connectivity index (χ2v) is 13.0. The van der Waals surface area contributed by atoms with Crippen molar-refractivity contribution in [3.05, 3.63) is 119 Å². The standard InChI is InChI=1S/C39H38N8O3/c1-23(2)38(49)45-18-15-26(16-19-45)31-20-30(35-36(40)43-22-44-47(31)35)25-11-13-27(14-12-25)32-24(3)34(28-8-7-17-42-21-28)46(29-9-5-4-6-10-29)39(50)33(32)37(41)48/h4-14,17,20-23,26H,15-16,18-19H2,1-3H3,(H2,41,48)(H2,40,43,44). The summed E-state index contributed by atoms with van der Waals surface area (Å²) in [5.41, 5.74) is 19.1. The largest absolute Gasteiger partial charge is 0.382 e. The zero-order valence-electron chi connectivity index (χ0n) is 28.2. The van der Waals surface area contributed by atoms with Gasteiger partial charge in [-0.1, -0.05) is 56.3 Å². The van der Waals surface area contributed by atoms with Crippen LogP contribution in [-0.2, 0) is 4.79 Å². The van der Waals surface area contributed by atoms with Gasteiger partial charge in [0.1, 0.15) is 17.4 Å². The van der Waals surface area contributed by atoms with Gasteiger partial charge in [0.25, 0.3) is 11.5 Å². The average Bonchev–Trinajstić information content (AvgIpc) is 3.53. The molecule has 2 amide bonds. The van der Waals surface area contributed by atoms with Crippen molar-refractivity contribution >= 4 is 23.1 Å². The molecule has 50 heavy (non-hydrogen) atoms. The maximum absolute atomic E-state index is 14.3. The molecule has 1 aliphatic heterocycles. The first-order chi connectivity index (χ1) is 24.2. The number of hydrogen-bond acceptors (Lipinski definition) is 7. The Labute approximate surface area is 289 Å². The smallest absolute Gasteiger partial charge is 0.269 e. The monoisotopic (exact) mass is 666 g/mol. The van der Waals surface area contributed by atoms with Gasteiger partial charge in [-0.2, -0.15) is 5.10 Å². The highest BCUT2D eigenvalue weighted by Gasteiger charge is 2.29. The van der Waals surface area contributed by atoms with Crippen molar-refractivity contribution < 1.29 is 9.59 Å². The van der Waals surface area contributed by atoms with E-state index >= 15 is 0 Å². The lowest BCUT2D eigenvalue weighted by Crippen LogP contribution is -2.40. The molecule has 7 rings (SSSR count). The summed E-state index contributed by atoms with van der Waals surface area (Å²) in [5.74, 6) is -0.128. The highest BCUT2D eigenvalue weighted by Crippen LogP contribution is 2.39. The highest BCUT2D eigenvalue weighted by atomic mass is 16.2. The minimum absolute atomic E-state index is 0.0339. The zero-order valence-corrected chi connectivity index (χ0v) is 28.2. The number of para-hydroxylation sites is 1. The molecule has 0 unspecified atom stereocenters. The van der Waals surface area contributed by atoms with Gasteiger partial charge in [0.2, 0.25) is 5.91 Å². The Hall–Kier alpha value is -6.10. The van der Waals surface area contributed by atoms with E-state index in [1.54, 1.807) is 12.4 Å². The number of fused-ring (bicyclic) bond motifs is 1. The molecule has 0 bridgehead atoms. The van der Waals surface area contributed by atoms with Crippen LogP contribution in [0.25, 0.3) is 44.7 Å². The van der Waals surface area contributed by atoms with Gasteiger partial charge in [0, 0.05) is 65.4 Å². The number of anilines is 1. The summed E-state index contributed by atoms with van der Waals surface area (Å²) in [4.78, 5) is 50.5. The molecule has 1 fully saturated rings. The fourth-order valence-corrected chi connectivity index (χ4v) is 7.24. The summed E-state index contributed by atoms with van der Waals surface area (Å²) in [5, 5.41) is 4.59. The van der Waals surface area contributed by atoms with Crippen molar-refractivity contribution in [3.8, 4) is 39.2 Å². The lowest BCUT2D eigenvalue weighted by molar-refractivity contribution is -0.135. The van der Waals surface area contributed by atoms with E-state index in [9.17, 15) is 14.4 Å². The Bertz CT molecular complexity index is 2290. The first-order valence-corrected chi connectivity index (χ1v) is 16.7. The molecule has 6 aromatic rings. The van der Waals surface area contributed by atoms with E-state index in [4.69, 9.17) is 11.5 Å². The second kappa shape index (κ2) is 13.1. The lowest BCUT2D eigenvalue weighted by Gasteiger charge is -2.33. The number of piperidine rings is 1. The van der Waals surface area contributed by atoms with E-state index in [1.165, 1.54) is 10.9 Å². The molecule has 0 atom stereocenters. The number of pyridine rings is 2. The van der Waals surface area contributed by atoms with Gasteiger partial charge in [-0.05, 0) is 66.8 Å². The fraction of sp³-hybridized carbons (Fsp3) is 0.231. The molecule has 4 N–H and O–H groups in total. The molecular formula is C39H38N8O3. The predicted molar refractivity (Wildman–Crippen MR) is 194 cm³/mol. The van der Waals surface area contributed by atoms with Crippen LogP contribution >= 0.6 is 0 Å². The summed E-state index contributed by atoms with van der Waals surface area (Å²) in [6, 6.07) is 22.7. The molecule has 1 aliphatic rings. The van der Waals surface area contributed by atoms with Crippen molar-refractivity contribution in [1.29, 1.82) is 0 Å². The SMILES string of the molecule is Cc1c(-c2ccc(-c3cc(C4CCN(C(=O)C(C)C)CC4)n4ncnc(N)c34)cc2)c(C(N)=O)c(=O)n(-c2ccccc2)c1-c1cccnc1. The molecule has 11 nitrogen and oxygen atoms in total.